The molecule has 16 heavy (non-hydrogen) atoms. The summed E-state index contributed by atoms with van der Waals surface area (Å²) in [6.45, 7) is 3.78. The molecule has 0 aliphatic carbocycles. The van der Waals surface area contributed by atoms with Gasteiger partial charge in [-0.05, 0) is 5.56 Å². The van der Waals surface area contributed by atoms with Crippen LogP contribution in [0.5, 0.6) is 0 Å². The summed E-state index contributed by atoms with van der Waals surface area (Å²) in [6, 6.07) is 9.47. The first kappa shape index (κ1) is 12.4. The smallest absolute Gasteiger partial charge is 0.224 e. The molecule has 0 saturated carbocycles. The average molecular weight is 219 g/mol. The molecule has 0 spiro atoms. The number of hydrogen-bond acceptors (Lipinski definition) is 2. The van der Waals surface area contributed by atoms with Gasteiger partial charge in [0.15, 0.2) is 5.78 Å². The van der Waals surface area contributed by atoms with E-state index in [-0.39, 0.29) is 24.2 Å². The Morgan fingerprint density at radius 2 is 1.81 bits per heavy atom. The normalized spacial score (nSPS) is 10.2. The summed E-state index contributed by atoms with van der Waals surface area (Å²) in [6.07, 6.45) is 0.326. The highest BCUT2D eigenvalue weighted by Crippen LogP contribution is 1.99. The Bertz CT molecular complexity index is 357. The molecule has 3 heteroatoms. The Morgan fingerprint density at radius 1 is 1.19 bits per heavy atom. The molecule has 0 radical (unpaired) electrons. The predicted octanol–water partition coefficient (Wildman–Crippen LogP) is 1.57. The minimum atomic E-state index is -0.111. The van der Waals surface area contributed by atoms with Crippen molar-refractivity contribution in [2.24, 2.45) is 5.92 Å². The van der Waals surface area contributed by atoms with Gasteiger partial charge in [-0.1, -0.05) is 44.2 Å². The van der Waals surface area contributed by atoms with Crippen molar-refractivity contribution >= 4 is 11.7 Å². The second-order valence-corrected chi connectivity index (χ2v) is 4.06. The van der Waals surface area contributed by atoms with Crippen LogP contribution in [0, 0.1) is 5.92 Å². The zero-order chi connectivity index (χ0) is 12.0. The maximum atomic E-state index is 11.5. The highest BCUT2D eigenvalue weighted by Gasteiger charge is 2.09. The van der Waals surface area contributed by atoms with Gasteiger partial charge in [0.1, 0.15) is 0 Å². The first-order valence-corrected chi connectivity index (χ1v) is 5.43. The maximum absolute atomic E-state index is 11.5. The van der Waals surface area contributed by atoms with E-state index in [1.165, 1.54) is 0 Å². The first-order chi connectivity index (χ1) is 7.59. The van der Waals surface area contributed by atoms with Gasteiger partial charge in [-0.25, -0.2) is 0 Å². The standard InChI is InChI=1S/C13H17NO2/c1-10(2)12(15)9-14-13(16)8-11-6-4-3-5-7-11/h3-7,10H,8-9H2,1-2H3,(H,14,16). The fourth-order valence-corrected chi connectivity index (χ4v) is 1.23. The number of ketones is 1. The van der Waals surface area contributed by atoms with E-state index >= 15 is 0 Å². The van der Waals surface area contributed by atoms with Gasteiger partial charge in [0.05, 0.1) is 13.0 Å². The Kier molecular flexibility index (Phi) is 4.70. The van der Waals surface area contributed by atoms with E-state index in [2.05, 4.69) is 5.32 Å². The molecule has 0 aliphatic heterocycles. The van der Waals surface area contributed by atoms with Gasteiger partial charge in [-0.2, -0.15) is 0 Å². The van der Waals surface area contributed by atoms with Crippen LogP contribution in [0.4, 0.5) is 0 Å². The van der Waals surface area contributed by atoms with Gasteiger partial charge in [0.2, 0.25) is 5.91 Å². The number of amides is 1. The molecule has 0 aliphatic rings. The third kappa shape index (κ3) is 4.26. The monoisotopic (exact) mass is 219 g/mol. The predicted molar refractivity (Wildman–Crippen MR) is 63.0 cm³/mol. The zero-order valence-corrected chi connectivity index (χ0v) is 9.69. The molecule has 0 unspecified atom stereocenters. The summed E-state index contributed by atoms with van der Waals surface area (Å²) in [5.41, 5.74) is 0.956. The highest BCUT2D eigenvalue weighted by molar-refractivity contribution is 5.87. The quantitative estimate of drug-likeness (QED) is 0.817. The van der Waals surface area contributed by atoms with Gasteiger partial charge in [-0.3, -0.25) is 9.59 Å². The highest BCUT2D eigenvalue weighted by atomic mass is 16.2. The fraction of sp³-hybridized carbons (Fsp3) is 0.385. The van der Waals surface area contributed by atoms with Crippen molar-refractivity contribution in [3.63, 3.8) is 0 Å². The number of rotatable bonds is 5. The summed E-state index contributed by atoms with van der Waals surface area (Å²) in [5, 5.41) is 2.62. The van der Waals surface area contributed by atoms with E-state index in [1.54, 1.807) is 0 Å². The van der Waals surface area contributed by atoms with E-state index < -0.39 is 0 Å². The van der Waals surface area contributed by atoms with Crippen molar-refractivity contribution in [2.75, 3.05) is 6.54 Å². The lowest BCUT2D eigenvalue weighted by molar-refractivity contribution is -0.126. The second kappa shape index (κ2) is 6.05. The Labute approximate surface area is 95.9 Å². The van der Waals surface area contributed by atoms with Crippen molar-refractivity contribution in [3.05, 3.63) is 35.9 Å². The number of nitrogens with one attached hydrogen (secondary N) is 1. The minimum absolute atomic E-state index is 0.0305. The van der Waals surface area contributed by atoms with Gasteiger partial charge in [0.25, 0.3) is 0 Å². The van der Waals surface area contributed by atoms with Crippen LogP contribution in [0.1, 0.15) is 19.4 Å². The van der Waals surface area contributed by atoms with Crippen LogP contribution in [-0.2, 0) is 16.0 Å². The van der Waals surface area contributed by atoms with E-state index in [0.29, 0.717) is 6.42 Å². The molecular formula is C13H17NO2. The van der Waals surface area contributed by atoms with Crippen LogP contribution >= 0.6 is 0 Å². The largest absolute Gasteiger partial charge is 0.349 e. The lowest BCUT2D eigenvalue weighted by Crippen LogP contribution is -2.32. The molecule has 0 fully saturated rings. The second-order valence-electron chi connectivity index (χ2n) is 4.06. The first-order valence-electron chi connectivity index (χ1n) is 5.43. The van der Waals surface area contributed by atoms with Gasteiger partial charge in [0, 0.05) is 5.92 Å². The van der Waals surface area contributed by atoms with Crippen LogP contribution in [0.15, 0.2) is 30.3 Å². The molecule has 1 N–H and O–H groups in total. The summed E-state index contributed by atoms with van der Waals surface area (Å²) < 4.78 is 0. The van der Waals surface area contributed by atoms with E-state index in [1.807, 2.05) is 44.2 Å². The summed E-state index contributed by atoms with van der Waals surface area (Å²) in [5.74, 6) is -0.0846. The molecule has 0 aromatic heterocycles. The van der Waals surface area contributed by atoms with Crippen molar-refractivity contribution in [1.82, 2.24) is 5.32 Å². The Balaban J connectivity index is 2.35. The molecule has 3 nitrogen and oxygen atoms in total. The van der Waals surface area contributed by atoms with Crippen LogP contribution in [0.3, 0.4) is 0 Å². The molecule has 86 valence electrons. The third-order valence-corrected chi connectivity index (χ3v) is 2.31. The molecule has 0 heterocycles. The molecule has 0 saturated heterocycles. The van der Waals surface area contributed by atoms with Crippen LogP contribution < -0.4 is 5.32 Å². The Hall–Kier alpha value is -1.64. The van der Waals surface area contributed by atoms with Crippen molar-refractivity contribution in [1.29, 1.82) is 0 Å². The average Bonchev–Trinajstić information content (AvgIpc) is 2.27. The van der Waals surface area contributed by atoms with Gasteiger partial charge < -0.3 is 5.32 Å². The van der Waals surface area contributed by atoms with Crippen LogP contribution in [0.2, 0.25) is 0 Å². The van der Waals surface area contributed by atoms with E-state index in [9.17, 15) is 9.59 Å². The van der Waals surface area contributed by atoms with Crippen molar-refractivity contribution < 1.29 is 9.59 Å². The molecule has 1 rings (SSSR count). The Morgan fingerprint density at radius 3 is 2.38 bits per heavy atom. The van der Waals surface area contributed by atoms with Crippen molar-refractivity contribution in [2.45, 2.75) is 20.3 Å². The van der Waals surface area contributed by atoms with Crippen LogP contribution in [0.25, 0.3) is 0 Å². The molecule has 1 aromatic rings. The van der Waals surface area contributed by atoms with E-state index in [4.69, 9.17) is 0 Å². The van der Waals surface area contributed by atoms with E-state index in [0.717, 1.165) is 5.56 Å². The molecular weight excluding hydrogens is 202 g/mol. The topological polar surface area (TPSA) is 46.2 Å². The number of benzene rings is 1. The lowest BCUT2D eigenvalue weighted by atomic mass is 10.1. The lowest BCUT2D eigenvalue weighted by Gasteiger charge is -2.06. The van der Waals surface area contributed by atoms with Crippen LogP contribution in [-0.4, -0.2) is 18.2 Å². The minimum Gasteiger partial charge on any atom is -0.349 e. The molecule has 1 amide bonds. The number of Topliss-reactive ketones (excluding diaryl/α,β-unsaturated/α-hetero) is 1. The molecule has 0 atom stereocenters. The third-order valence-electron chi connectivity index (χ3n) is 2.31. The summed E-state index contributed by atoms with van der Waals surface area (Å²) in [4.78, 5) is 22.8. The number of carbonyl (C=O) groups is 2. The SMILES string of the molecule is CC(C)C(=O)CNC(=O)Cc1ccccc1. The fourth-order valence-electron chi connectivity index (χ4n) is 1.23. The van der Waals surface area contributed by atoms with Gasteiger partial charge >= 0.3 is 0 Å². The number of carbonyl (C=O) groups excluding carboxylic acids is 2. The molecule has 1 aromatic carbocycles. The molecule has 0 bridgehead atoms. The van der Waals surface area contributed by atoms with Crippen molar-refractivity contribution in [3.8, 4) is 0 Å². The van der Waals surface area contributed by atoms with Gasteiger partial charge in [-0.15, -0.1) is 0 Å². The zero-order valence-electron chi connectivity index (χ0n) is 9.69. The summed E-state index contributed by atoms with van der Waals surface area (Å²) in [7, 11) is 0. The maximum Gasteiger partial charge on any atom is 0.224 e. The number of hydrogen-bond donors (Lipinski definition) is 1. The summed E-state index contributed by atoms with van der Waals surface area (Å²) >= 11 is 0.